The molecule has 0 aliphatic rings. The molecule has 0 aliphatic carbocycles. The molecule has 0 atom stereocenters. The van der Waals surface area contributed by atoms with Crippen molar-refractivity contribution in [1.29, 1.82) is 0 Å². The molecule has 1 aromatic carbocycles. The molecule has 0 radical (unpaired) electrons. The van der Waals surface area contributed by atoms with E-state index in [1.54, 1.807) is 31.5 Å². The highest BCUT2D eigenvalue weighted by Gasteiger charge is 2.09. The van der Waals surface area contributed by atoms with Gasteiger partial charge in [0.1, 0.15) is 5.75 Å². The van der Waals surface area contributed by atoms with E-state index >= 15 is 0 Å². The zero-order valence-electron chi connectivity index (χ0n) is 11.3. The summed E-state index contributed by atoms with van der Waals surface area (Å²) >= 11 is 3.42. The van der Waals surface area contributed by atoms with E-state index in [0.717, 1.165) is 16.7 Å². The number of aromatic nitrogens is 2. The van der Waals surface area contributed by atoms with Crippen LogP contribution >= 0.6 is 15.9 Å². The summed E-state index contributed by atoms with van der Waals surface area (Å²) in [6.07, 6.45) is 5.01. The molecule has 1 aromatic heterocycles. The highest BCUT2D eigenvalue weighted by Crippen LogP contribution is 2.20. The van der Waals surface area contributed by atoms with E-state index in [1.807, 2.05) is 23.7 Å². The van der Waals surface area contributed by atoms with Crippen LogP contribution in [0.25, 0.3) is 6.08 Å². The molecule has 4 nitrogen and oxygen atoms in total. The number of hydrogen-bond donors (Lipinski definition) is 0. The Morgan fingerprint density at radius 2 is 2.20 bits per heavy atom. The molecule has 5 heteroatoms. The molecule has 0 bridgehead atoms. The van der Waals surface area contributed by atoms with Crippen LogP contribution in [0.5, 0.6) is 5.75 Å². The number of carbonyl (C=O) groups is 1. The van der Waals surface area contributed by atoms with Crippen LogP contribution in [0.2, 0.25) is 0 Å². The van der Waals surface area contributed by atoms with Gasteiger partial charge in [-0.2, -0.15) is 5.10 Å². The Labute approximate surface area is 126 Å². The Bertz CT molecular complexity index is 647. The first-order valence-corrected chi connectivity index (χ1v) is 7.03. The Balaban J connectivity index is 2.27. The molecule has 0 aliphatic heterocycles. The number of ether oxygens (including phenoxy) is 1. The maximum absolute atomic E-state index is 12.2. The Hall–Kier alpha value is -1.88. The molecule has 0 fully saturated rings. The molecular formula is C15H15BrN2O2. The van der Waals surface area contributed by atoms with Gasteiger partial charge in [0.15, 0.2) is 5.78 Å². The quantitative estimate of drug-likeness (QED) is 0.620. The molecule has 2 rings (SSSR count). The summed E-state index contributed by atoms with van der Waals surface area (Å²) in [5.74, 6) is 0.475. The molecule has 0 spiro atoms. The number of ketones is 1. The highest BCUT2D eigenvalue weighted by molar-refractivity contribution is 9.10. The Kier molecular flexibility index (Phi) is 4.74. The molecule has 0 saturated heterocycles. The predicted octanol–water partition coefficient (Wildman–Crippen LogP) is 3.57. The van der Waals surface area contributed by atoms with Crippen molar-refractivity contribution in [2.45, 2.75) is 13.5 Å². The highest BCUT2D eigenvalue weighted by atomic mass is 79.9. The number of benzene rings is 1. The van der Waals surface area contributed by atoms with Gasteiger partial charge >= 0.3 is 0 Å². The molecule has 2 aromatic rings. The van der Waals surface area contributed by atoms with E-state index in [1.165, 1.54) is 6.08 Å². The number of rotatable bonds is 5. The summed E-state index contributed by atoms with van der Waals surface area (Å²) in [5.41, 5.74) is 1.42. The zero-order chi connectivity index (χ0) is 14.5. The Morgan fingerprint density at radius 1 is 1.45 bits per heavy atom. The van der Waals surface area contributed by atoms with Gasteiger partial charge in [0.2, 0.25) is 0 Å². The van der Waals surface area contributed by atoms with Gasteiger partial charge in [-0.05, 0) is 47.1 Å². The summed E-state index contributed by atoms with van der Waals surface area (Å²) in [7, 11) is 1.55. The molecule has 0 saturated carbocycles. The lowest BCUT2D eigenvalue weighted by Gasteiger charge is -2.04. The normalized spacial score (nSPS) is 10.9. The number of nitrogens with zero attached hydrogens (tertiary/aromatic N) is 2. The summed E-state index contributed by atoms with van der Waals surface area (Å²) in [6.45, 7) is 2.74. The SMILES string of the molecule is CCn1ncc(Br)c1/C=C/C(=O)c1ccccc1OC. The minimum atomic E-state index is -0.0989. The number of methoxy groups -OCH3 is 1. The van der Waals surface area contributed by atoms with Gasteiger partial charge in [-0.25, -0.2) is 0 Å². The van der Waals surface area contributed by atoms with E-state index in [4.69, 9.17) is 4.74 Å². The van der Waals surface area contributed by atoms with Crippen molar-refractivity contribution < 1.29 is 9.53 Å². The van der Waals surface area contributed by atoms with Crippen LogP contribution in [-0.2, 0) is 6.54 Å². The molecule has 0 N–H and O–H groups in total. The Morgan fingerprint density at radius 3 is 2.90 bits per heavy atom. The van der Waals surface area contributed by atoms with Crippen LogP contribution in [0.4, 0.5) is 0 Å². The van der Waals surface area contributed by atoms with Crippen molar-refractivity contribution in [1.82, 2.24) is 9.78 Å². The maximum atomic E-state index is 12.2. The van der Waals surface area contributed by atoms with Gasteiger partial charge in [-0.1, -0.05) is 12.1 Å². The maximum Gasteiger partial charge on any atom is 0.189 e. The number of para-hydroxylation sites is 1. The van der Waals surface area contributed by atoms with Crippen molar-refractivity contribution in [3.63, 3.8) is 0 Å². The number of carbonyl (C=O) groups excluding carboxylic acids is 1. The summed E-state index contributed by atoms with van der Waals surface area (Å²) in [6, 6.07) is 7.17. The van der Waals surface area contributed by atoms with Gasteiger partial charge < -0.3 is 4.74 Å². The second kappa shape index (κ2) is 6.52. The second-order valence-corrected chi connectivity index (χ2v) is 4.95. The van der Waals surface area contributed by atoms with Crippen LogP contribution in [0.3, 0.4) is 0 Å². The molecule has 104 valence electrons. The van der Waals surface area contributed by atoms with Crippen molar-refractivity contribution in [2.75, 3.05) is 7.11 Å². The van der Waals surface area contributed by atoms with Crippen molar-refractivity contribution >= 4 is 27.8 Å². The number of aryl methyl sites for hydroxylation is 1. The van der Waals surface area contributed by atoms with Crippen LogP contribution in [0, 0.1) is 0 Å². The van der Waals surface area contributed by atoms with Crippen LogP contribution < -0.4 is 4.74 Å². The van der Waals surface area contributed by atoms with Gasteiger partial charge in [0, 0.05) is 6.54 Å². The molecule has 1 heterocycles. The summed E-state index contributed by atoms with van der Waals surface area (Å²) in [4.78, 5) is 12.2. The average molecular weight is 335 g/mol. The van der Waals surface area contributed by atoms with Gasteiger partial charge in [0.25, 0.3) is 0 Å². The topological polar surface area (TPSA) is 44.1 Å². The summed E-state index contributed by atoms with van der Waals surface area (Å²) < 4.78 is 7.87. The van der Waals surface area contributed by atoms with E-state index in [2.05, 4.69) is 21.0 Å². The fourth-order valence-electron chi connectivity index (χ4n) is 1.88. The third kappa shape index (κ3) is 2.99. The molecule has 0 unspecified atom stereocenters. The van der Waals surface area contributed by atoms with Gasteiger partial charge in [-0.3, -0.25) is 9.48 Å². The van der Waals surface area contributed by atoms with E-state index in [0.29, 0.717) is 11.3 Å². The molecule has 20 heavy (non-hydrogen) atoms. The lowest BCUT2D eigenvalue weighted by molar-refractivity contribution is 0.104. The van der Waals surface area contributed by atoms with Crippen LogP contribution in [-0.4, -0.2) is 22.7 Å². The fraction of sp³-hybridized carbons (Fsp3) is 0.200. The average Bonchev–Trinajstić information content (AvgIpc) is 2.85. The van der Waals surface area contributed by atoms with Crippen LogP contribution in [0.1, 0.15) is 23.0 Å². The predicted molar refractivity (Wildman–Crippen MR) is 82.0 cm³/mol. The van der Waals surface area contributed by atoms with E-state index in [-0.39, 0.29) is 5.78 Å². The van der Waals surface area contributed by atoms with Gasteiger partial charge in [-0.15, -0.1) is 0 Å². The van der Waals surface area contributed by atoms with Crippen molar-refractivity contribution in [3.05, 3.63) is 52.3 Å². The van der Waals surface area contributed by atoms with Crippen molar-refractivity contribution in [3.8, 4) is 5.75 Å². The number of halogens is 1. The first-order chi connectivity index (χ1) is 9.67. The third-order valence-corrected chi connectivity index (χ3v) is 3.51. The monoisotopic (exact) mass is 334 g/mol. The van der Waals surface area contributed by atoms with E-state index < -0.39 is 0 Å². The van der Waals surface area contributed by atoms with Crippen molar-refractivity contribution in [2.24, 2.45) is 0 Å². The van der Waals surface area contributed by atoms with E-state index in [9.17, 15) is 4.79 Å². The second-order valence-electron chi connectivity index (χ2n) is 4.09. The first-order valence-electron chi connectivity index (χ1n) is 6.24. The largest absolute Gasteiger partial charge is 0.496 e. The minimum Gasteiger partial charge on any atom is -0.496 e. The lowest BCUT2D eigenvalue weighted by Crippen LogP contribution is -2.01. The van der Waals surface area contributed by atoms with Crippen LogP contribution in [0.15, 0.2) is 41.0 Å². The molecule has 0 amide bonds. The third-order valence-electron chi connectivity index (χ3n) is 2.90. The van der Waals surface area contributed by atoms with Gasteiger partial charge in [0.05, 0.1) is 29.0 Å². The first kappa shape index (κ1) is 14.5. The zero-order valence-corrected chi connectivity index (χ0v) is 12.9. The standard InChI is InChI=1S/C15H15BrN2O2/c1-3-18-13(12(16)10-17-18)8-9-14(19)11-6-4-5-7-15(11)20-2/h4-10H,3H2,1-2H3/b9-8+. The minimum absolute atomic E-state index is 0.0989. The number of allylic oxidation sites excluding steroid dienone is 1. The fourth-order valence-corrected chi connectivity index (χ4v) is 2.31. The summed E-state index contributed by atoms with van der Waals surface area (Å²) in [5, 5.41) is 4.20. The number of hydrogen-bond acceptors (Lipinski definition) is 3. The lowest BCUT2D eigenvalue weighted by atomic mass is 10.1. The smallest absolute Gasteiger partial charge is 0.189 e. The molecular weight excluding hydrogens is 320 g/mol.